The molecule has 1 N–H and O–H groups in total. The number of anilines is 1. The van der Waals surface area contributed by atoms with Crippen LogP contribution in [0.25, 0.3) is 0 Å². The fourth-order valence-electron chi connectivity index (χ4n) is 4.57. The van der Waals surface area contributed by atoms with Gasteiger partial charge in [0.25, 0.3) is 0 Å². The van der Waals surface area contributed by atoms with E-state index in [-0.39, 0.29) is 30.6 Å². The van der Waals surface area contributed by atoms with Gasteiger partial charge in [-0.3, -0.25) is 4.90 Å². The number of piperidine rings is 2. The zero-order valence-corrected chi connectivity index (χ0v) is 15.6. The Morgan fingerprint density at radius 1 is 0.917 bits per heavy atom. The van der Waals surface area contributed by atoms with Crippen LogP contribution in [0.3, 0.4) is 0 Å². The van der Waals surface area contributed by atoms with Crippen molar-refractivity contribution < 1.29 is 4.39 Å². The zero-order chi connectivity index (χ0) is 14.9. The number of nitrogens with one attached hydrogen (secondary N) is 1. The van der Waals surface area contributed by atoms with Crippen molar-refractivity contribution in [3.05, 3.63) is 30.1 Å². The van der Waals surface area contributed by atoms with Gasteiger partial charge in [0.15, 0.2) is 0 Å². The van der Waals surface area contributed by atoms with E-state index in [9.17, 15) is 4.39 Å². The summed E-state index contributed by atoms with van der Waals surface area (Å²) in [5.74, 6) is 0.752. The van der Waals surface area contributed by atoms with Gasteiger partial charge in [0.05, 0.1) is 5.69 Å². The van der Waals surface area contributed by atoms with Gasteiger partial charge in [-0.25, -0.2) is 4.39 Å². The lowest BCUT2D eigenvalue weighted by Gasteiger charge is -2.45. The average molecular weight is 376 g/mol. The number of nitrogens with zero attached hydrogens (tertiary/aromatic N) is 2. The molecule has 4 aliphatic heterocycles. The van der Waals surface area contributed by atoms with E-state index < -0.39 is 0 Å². The van der Waals surface area contributed by atoms with E-state index in [0.717, 1.165) is 50.1 Å². The van der Waals surface area contributed by atoms with Crippen molar-refractivity contribution in [1.82, 2.24) is 10.2 Å². The first-order chi connectivity index (χ1) is 10.8. The molecule has 4 aliphatic rings. The molecule has 136 valence electrons. The van der Waals surface area contributed by atoms with E-state index >= 15 is 0 Å². The maximum atomic E-state index is 13.9. The van der Waals surface area contributed by atoms with Crippen LogP contribution in [0.4, 0.5) is 10.1 Å². The molecule has 4 saturated heterocycles. The number of para-hydroxylation sites is 1. The second kappa shape index (κ2) is 8.70. The number of halogens is 3. The Bertz CT molecular complexity index is 519. The fourth-order valence-corrected chi connectivity index (χ4v) is 4.57. The molecule has 4 heterocycles. The third kappa shape index (κ3) is 3.98. The highest BCUT2D eigenvalue weighted by Crippen LogP contribution is 2.31. The lowest BCUT2D eigenvalue weighted by atomic mass is 9.91. The SMILES string of the molecule is Cl.Cl.Fc1ccccc1N1CCC(N2C[C@@H]3CC[C@H]2CNC3)CC1. The molecule has 0 saturated carbocycles. The smallest absolute Gasteiger partial charge is 0.146 e. The molecule has 0 aromatic heterocycles. The maximum Gasteiger partial charge on any atom is 0.146 e. The summed E-state index contributed by atoms with van der Waals surface area (Å²) in [6.07, 6.45) is 5.07. The Morgan fingerprint density at radius 3 is 2.42 bits per heavy atom. The Labute approximate surface area is 156 Å². The van der Waals surface area contributed by atoms with E-state index in [1.807, 2.05) is 12.1 Å². The number of rotatable bonds is 2. The minimum Gasteiger partial charge on any atom is -0.369 e. The van der Waals surface area contributed by atoms with Crippen molar-refractivity contribution in [2.24, 2.45) is 5.92 Å². The van der Waals surface area contributed by atoms with Crippen molar-refractivity contribution in [1.29, 1.82) is 0 Å². The van der Waals surface area contributed by atoms with E-state index in [2.05, 4.69) is 15.1 Å². The minimum absolute atomic E-state index is 0. The van der Waals surface area contributed by atoms with Crippen molar-refractivity contribution in [2.75, 3.05) is 37.6 Å². The predicted octanol–water partition coefficient (Wildman–Crippen LogP) is 3.32. The summed E-state index contributed by atoms with van der Waals surface area (Å²) >= 11 is 0. The lowest BCUT2D eigenvalue weighted by Crippen LogP contribution is -2.53. The number of benzene rings is 1. The molecule has 0 radical (unpaired) electrons. The van der Waals surface area contributed by atoms with Gasteiger partial charge in [-0.2, -0.15) is 0 Å². The van der Waals surface area contributed by atoms with Gasteiger partial charge < -0.3 is 10.2 Å². The third-order valence-electron chi connectivity index (χ3n) is 5.79. The summed E-state index contributed by atoms with van der Waals surface area (Å²) in [4.78, 5) is 4.99. The quantitative estimate of drug-likeness (QED) is 0.854. The van der Waals surface area contributed by atoms with Crippen LogP contribution in [0, 0.1) is 11.7 Å². The van der Waals surface area contributed by atoms with Gasteiger partial charge in [0.2, 0.25) is 0 Å². The van der Waals surface area contributed by atoms with Crippen molar-refractivity contribution in [2.45, 2.75) is 37.8 Å². The molecule has 5 rings (SSSR count). The molecular weight excluding hydrogens is 348 g/mol. The van der Waals surface area contributed by atoms with Crippen LogP contribution in [0.2, 0.25) is 0 Å². The van der Waals surface area contributed by atoms with Crippen molar-refractivity contribution in [3.63, 3.8) is 0 Å². The molecule has 0 aliphatic carbocycles. The number of fused-ring (bicyclic) bond motifs is 4. The highest BCUT2D eigenvalue weighted by Gasteiger charge is 2.36. The van der Waals surface area contributed by atoms with Crippen LogP contribution < -0.4 is 10.2 Å². The summed E-state index contributed by atoms with van der Waals surface area (Å²) in [6.45, 7) is 5.58. The van der Waals surface area contributed by atoms with Gasteiger partial charge in [-0.1, -0.05) is 12.1 Å². The third-order valence-corrected chi connectivity index (χ3v) is 5.79. The van der Waals surface area contributed by atoms with Crippen molar-refractivity contribution in [3.8, 4) is 0 Å². The molecule has 4 fully saturated rings. The van der Waals surface area contributed by atoms with Crippen LogP contribution in [-0.2, 0) is 0 Å². The molecule has 6 heteroatoms. The second-order valence-electron chi connectivity index (χ2n) is 7.12. The Morgan fingerprint density at radius 2 is 1.67 bits per heavy atom. The molecule has 24 heavy (non-hydrogen) atoms. The molecule has 1 aromatic carbocycles. The van der Waals surface area contributed by atoms with E-state index in [1.165, 1.54) is 25.9 Å². The molecule has 0 amide bonds. The van der Waals surface area contributed by atoms with Gasteiger partial charge in [0, 0.05) is 38.3 Å². The van der Waals surface area contributed by atoms with Crippen LogP contribution in [0.15, 0.2) is 24.3 Å². The molecule has 2 atom stereocenters. The number of hydrogen-bond donors (Lipinski definition) is 1. The van der Waals surface area contributed by atoms with E-state index in [0.29, 0.717) is 6.04 Å². The van der Waals surface area contributed by atoms with Crippen molar-refractivity contribution >= 4 is 30.5 Å². The van der Waals surface area contributed by atoms with E-state index in [1.54, 1.807) is 12.1 Å². The summed E-state index contributed by atoms with van der Waals surface area (Å²) in [5.41, 5.74) is 0.778. The molecule has 1 aromatic rings. The minimum atomic E-state index is -0.0843. The summed E-state index contributed by atoms with van der Waals surface area (Å²) < 4.78 is 13.9. The monoisotopic (exact) mass is 375 g/mol. The highest BCUT2D eigenvalue weighted by atomic mass is 35.5. The summed E-state index contributed by atoms with van der Waals surface area (Å²) in [6, 6.07) is 8.60. The first-order valence-corrected chi connectivity index (χ1v) is 8.77. The summed E-state index contributed by atoms with van der Waals surface area (Å²) in [7, 11) is 0. The van der Waals surface area contributed by atoms with Crippen LogP contribution >= 0.6 is 24.8 Å². The van der Waals surface area contributed by atoms with Gasteiger partial charge in [0.1, 0.15) is 5.82 Å². The first-order valence-electron chi connectivity index (χ1n) is 8.77. The van der Waals surface area contributed by atoms with Crippen LogP contribution in [0.1, 0.15) is 25.7 Å². The maximum absolute atomic E-state index is 13.9. The van der Waals surface area contributed by atoms with Crippen LogP contribution in [0.5, 0.6) is 0 Å². The summed E-state index contributed by atoms with van der Waals surface area (Å²) in [5, 5.41) is 3.62. The Hall–Kier alpha value is -0.550. The Kier molecular flexibility index (Phi) is 7.17. The zero-order valence-electron chi connectivity index (χ0n) is 14.0. The first kappa shape index (κ1) is 19.8. The van der Waals surface area contributed by atoms with Gasteiger partial charge in [-0.05, 0) is 50.3 Å². The fraction of sp³-hybridized carbons (Fsp3) is 0.667. The second-order valence-corrected chi connectivity index (χ2v) is 7.12. The topological polar surface area (TPSA) is 18.5 Å². The normalized spacial score (nSPS) is 28.0. The Balaban J connectivity index is 0.00000104. The molecule has 0 unspecified atom stereocenters. The predicted molar refractivity (Wildman–Crippen MR) is 102 cm³/mol. The lowest BCUT2D eigenvalue weighted by molar-refractivity contribution is 0.0708. The molecule has 2 bridgehead atoms. The van der Waals surface area contributed by atoms with E-state index in [4.69, 9.17) is 0 Å². The van der Waals surface area contributed by atoms with Crippen LogP contribution in [-0.4, -0.2) is 49.7 Å². The molecule has 0 spiro atoms. The number of hydrogen-bond acceptors (Lipinski definition) is 3. The van der Waals surface area contributed by atoms with Gasteiger partial charge >= 0.3 is 0 Å². The molecular formula is C18H28Cl2FN3. The molecule has 3 nitrogen and oxygen atoms in total. The average Bonchev–Trinajstić information content (AvgIpc) is 2.91. The largest absolute Gasteiger partial charge is 0.369 e. The highest BCUT2D eigenvalue weighted by molar-refractivity contribution is 5.85. The van der Waals surface area contributed by atoms with Gasteiger partial charge in [-0.15, -0.1) is 24.8 Å². The standard InChI is InChI=1S/C18H26FN3.2ClH/c19-17-3-1-2-4-18(17)21-9-7-15(8-10-21)22-13-14-5-6-16(22)12-20-11-14;;/h1-4,14-16,20H,5-13H2;2*1H/t14-,16+;;/m1../s1.